The van der Waals surface area contributed by atoms with Crippen LogP contribution in [0.3, 0.4) is 0 Å². The van der Waals surface area contributed by atoms with Gasteiger partial charge in [-0.2, -0.15) is 0 Å². The molecule has 0 radical (unpaired) electrons. The Bertz CT molecular complexity index is 74.5. The summed E-state index contributed by atoms with van der Waals surface area (Å²) in [7, 11) is 1.85. The lowest BCUT2D eigenvalue weighted by Crippen LogP contribution is -1.88. The summed E-state index contributed by atoms with van der Waals surface area (Å²) >= 11 is 0. The van der Waals surface area contributed by atoms with Crippen LogP contribution in [0, 0.1) is 0 Å². The molecule has 0 fully saturated rings. The maximum Gasteiger partial charge on any atom is 0.0276 e. The SMILES string of the molecule is CCCC/C(C)=N\C. The summed E-state index contributed by atoms with van der Waals surface area (Å²) in [6.07, 6.45) is 3.73. The minimum atomic E-state index is 1.17. The zero-order valence-electron chi connectivity index (χ0n) is 6.07. The van der Waals surface area contributed by atoms with Crippen LogP contribution in [0.2, 0.25) is 0 Å². The molecule has 0 aliphatic heterocycles. The van der Waals surface area contributed by atoms with Crippen molar-refractivity contribution in [3.8, 4) is 0 Å². The van der Waals surface area contributed by atoms with Gasteiger partial charge in [-0.15, -0.1) is 0 Å². The molecule has 0 saturated carbocycles. The molecule has 0 aromatic carbocycles. The van der Waals surface area contributed by atoms with Crippen LogP contribution in [0.1, 0.15) is 33.1 Å². The summed E-state index contributed by atoms with van der Waals surface area (Å²) in [6.45, 7) is 4.28. The fourth-order valence-corrected chi connectivity index (χ4v) is 0.544. The molecule has 0 N–H and O–H groups in total. The van der Waals surface area contributed by atoms with Crippen molar-refractivity contribution in [3.63, 3.8) is 0 Å². The number of hydrogen-bond acceptors (Lipinski definition) is 1. The summed E-state index contributed by atoms with van der Waals surface area (Å²) in [5, 5.41) is 0. The van der Waals surface area contributed by atoms with Crippen molar-refractivity contribution in [2.75, 3.05) is 7.05 Å². The maximum absolute atomic E-state index is 4.04. The molecule has 0 aliphatic rings. The number of hydrogen-bond donors (Lipinski definition) is 0. The van der Waals surface area contributed by atoms with Crippen LogP contribution in [-0.4, -0.2) is 12.8 Å². The Kier molecular flexibility index (Phi) is 4.62. The molecule has 0 aromatic heterocycles. The quantitative estimate of drug-likeness (QED) is 0.498. The highest BCUT2D eigenvalue weighted by Crippen LogP contribution is 1.94. The minimum Gasteiger partial charge on any atom is -0.298 e. The van der Waals surface area contributed by atoms with E-state index in [0.29, 0.717) is 0 Å². The summed E-state index contributed by atoms with van der Waals surface area (Å²) in [4.78, 5) is 4.04. The monoisotopic (exact) mass is 113 g/mol. The van der Waals surface area contributed by atoms with Gasteiger partial charge in [-0.25, -0.2) is 0 Å². The van der Waals surface area contributed by atoms with Crippen LogP contribution < -0.4 is 0 Å². The van der Waals surface area contributed by atoms with Crippen molar-refractivity contribution in [3.05, 3.63) is 0 Å². The summed E-state index contributed by atoms with van der Waals surface area (Å²) in [6, 6.07) is 0. The number of nitrogens with zero attached hydrogens (tertiary/aromatic N) is 1. The molecule has 0 rings (SSSR count). The van der Waals surface area contributed by atoms with Gasteiger partial charge in [0.25, 0.3) is 0 Å². The topological polar surface area (TPSA) is 12.4 Å². The lowest BCUT2D eigenvalue weighted by atomic mass is 10.2. The molecule has 0 aromatic rings. The van der Waals surface area contributed by atoms with Crippen LogP contribution in [0.5, 0.6) is 0 Å². The molecule has 1 heteroatoms. The second-order valence-corrected chi connectivity index (χ2v) is 2.06. The van der Waals surface area contributed by atoms with E-state index in [1.165, 1.54) is 25.0 Å². The van der Waals surface area contributed by atoms with Crippen molar-refractivity contribution >= 4 is 5.71 Å². The van der Waals surface area contributed by atoms with E-state index >= 15 is 0 Å². The zero-order valence-corrected chi connectivity index (χ0v) is 6.07. The molecule has 0 bridgehead atoms. The third kappa shape index (κ3) is 3.85. The van der Waals surface area contributed by atoms with Gasteiger partial charge in [-0.05, 0) is 19.8 Å². The summed E-state index contributed by atoms with van der Waals surface area (Å²) in [5.74, 6) is 0. The minimum absolute atomic E-state index is 1.17. The van der Waals surface area contributed by atoms with Gasteiger partial charge in [-0.1, -0.05) is 13.3 Å². The van der Waals surface area contributed by atoms with E-state index in [2.05, 4.69) is 18.8 Å². The number of aliphatic imine (C=N–C) groups is 1. The molecule has 8 heavy (non-hydrogen) atoms. The van der Waals surface area contributed by atoms with E-state index in [1.807, 2.05) is 7.05 Å². The van der Waals surface area contributed by atoms with Crippen molar-refractivity contribution in [1.82, 2.24) is 0 Å². The van der Waals surface area contributed by atoms with E-state index < -0.39 is 0 Å². The standard InChI is InChI=1S/C7H15N/c1-4-5-6-7(2)8-3/h4-6H2,1-3H3/b8-7-. The van der Waals surface area contributed by atoms with E-state index in [9.17, 15) is 0 Å². The van der Waals surface area contributed by atoms with Gasteiger partial charge in [0.15, 0.2) is 0 Å². The molecule has 48 valence electrons. The highest BCUT2D eigenvalue weighted by molar-refractivity contribution is 5.81. The van der Waals surface area contributed by atoms with E-state index in [0.717, 1.165) is 0 Å². The fourth-order valence-electron chi connectivity index (χ4n) is 0.544. The largest absolute Gasteiger partial charge is 0.298 e. The van der Waals surface area contributed by atoms with Gasteiger partial charge in [0.2, 0.25) is 0 Å². The second kappa shape index (κ2) is 4.82. The smallest absolute Gasteiger partial charge is 0.0276 e. The molecule has 0 atom stereocenters. The van der Waals surface area contributed by atoms with Gasteiger partial charge in [-0.3, -0.25) is 4.99 Å². The Hall–Kier alpha value is -0.330. The van der Waals surface area contributed by atoms with Gasteiger partial charge in [0.05, 0.1) is 0 Å². The third-order valence-corrected chi connectivity index (χ3v) is 1.27. The van der Waals surface area contributed by atoms with Crippen LogP contribution in [0.15, 0.2) is 4.99 Å². The zero-order chi connectivity index (χ0) is 6.41. The molecule has 0 unspecified atom stereocenters. The third-order valence-electron chi connectivity index (χ3n) is 1.27. The Morgan fingerprint density at radius 1 is 1.50 bits per heavy atom. The summed E-state index contributed by atoms with van der Waals surface area (Å²) in [5.41, 5.74) is 1.27. The number of unbranched alkanes of at least 4 members (excludes halogenated alkanes) is 1. The maximum atomic E-state index is 4.04. The van der Waals surface area contributed by atoms with Gasteiger partial charge in [0.1, 0.15) is 0 Å². The van der Waals surface area contributed by atoms with E-state index in [-0.39, 0.29) is 0 Å². The first-order chi connectivity index (χ1) is 3.81. The predicted molar refractivity (Wildman–Crippen MR) is 38.6 cm³/mol. The van der Waals surface area contributed by atoms with Crippen LogP contribution >= 0.6 is 0 Å². The van der Waals surface area contributed by atoms with Crippen molar-refractivity contribution in [2.24, 2.45) is 4.99 Å². The Balaban J connectivity index is 3.12. The van der Waals surface area contributed by atoms with E-state index in [1.54, 1.807) is 0 Å². The molecular weight excluding hydrogens is 98.1 g/mol. The van der Waals surface area contributed by atoms with Crippen molar-refractivity contribution in [1.29, 1.82) is 0 Å². The lowest BCUT2D eigenvalue weighted by molar-refractivity contribution is 0.832. The van der Waals surface area contributed by atoms with Crippen molar-refractivity contribution in [2.45, 2.75) is 33.1 Å². The van der Waals surface area contributed by atoms with Gasteiger partial charge in [0, 0.05) is 12.8 Å². The van der Waals surface area contributed by atoms with Crippen LogP contribution in [0.4, 0.5) is 0 Å². The molecule has 0 spiro atoms. The molecule has 0 saturated heterocycles. The highest BCUT2D eigenvalue weighted by atomic mass is 14.7. The Morgan fingerprint density at radius 3 is 2.50 bits per heavy atom. The first-order valence-electron chi connectivity index (χ1n) is 3.23. The van der Waals surface area contributed by atoms with Crippen LogP contribution in [-0.2, 0) is 0 Å². The highest BCUT2D eigenvalue weighted by Gasteiger charge is 1.85. The molecule has 0 heterocycles. The fraction of sp³-hybridized carbons (Fsp3) is 0.857. The van der Waals surface area contributed by atoms with Crippen LogP contribution in [0.25, 0.3) is 0 Å². The van der Waals surface area contributed by atoms with Gasteiger partial charge < -0.3 is 0 Å². The molecule has 0 amide bonds. The average molecular weight is 113 g/mol. The summed E-state index contributed by atoms with van der Waals surface area (Å²) < 4.78 is 0. The second-order valence-electron chi connectivity index (χ2n) is 2.06. The average Bonchev–Trinajstić information content (AvgIpc) is 1.83. The molecule has 0 aliphatic carbocycles. The van der Waals surface area contributed by atoms with E-state index in [4.69, 9.17) is 0 Å². The Morgan fingerprint density at radius 2 is 2.12 bits per heavy atom. The molecule has 1 nitrogen and oxygen atoms in total. The lowest BCUT2D eigenvalue weighted by Gasteiger charge is -1.93. The first kappa shape index (κ1) is 7.67. The van der Waals surface area contributed by atoms with Gasteiger partial charge >= 0.3 is 0 Å². The predicted octanol–water partition coefficient (Wildman–Crippen LogP) is 2.27. The normalized spacial score (nSPS) is 12.1. The Labute approximate surface area is 51.8 Å². The van der Waals surface area contributed by atoms with Crippen molar-refractivity contribution < 1.29 is 0 Å². The first-order valence-corrected chi connectivity index (χ1v) is 3.23. The molecular formula is C7H15N. The number of rotatable bonds is 3.